The van der Waals surface area contributed by atoms with Crippen LogP contribution in [0.4, 0.5) is 11.4 Å². The summed E-state index contributed by atoms with van der Waals surface area (Å²) in [5.41, 5.74) is 1.64. The van der Waals surface area contributed by atoms with Crippen LogP contribution in [0.2, 0.25) is 0 Å². The zero-order valence-electron chi connectivity index (χ0n) is 26.2. The number of non-ortho nitro benzene ring substituents is 1. The number of nitro benzene ring substituents is 1. The Morgan fingerprint density at radius 2 is 1.17 bits per heavy atom. The molecule has 3 atom stereocenters. The minimum Gasteiger partial charge on any atom is -0.481 e. The van der Waals surface area contributed by atoms with Gasteiger partial charge < -0.3 is 26.4 Å². The fraction of sp³-hybridized carbons (Fsp3) is 0.324. The Labute approximate surface area is 272 Å². The molecule has 3 unspecified atom stereocenters. The minimum absolute atomic E-state index is 0.0507. The molecule has 0 spiro atoms. The molecule has 0 aliphatic carbocycles. The Balaban J connectivity index is 1.81. The summed E-state index contributed by atoms with van der Waals surface area (Å²) < 4.78 is 0. The van der Waals surface area contributed by atoms with E-state index in [1.54, 1.807) is 54.6 Å². The summed E-state index contributed by atoms with van der Waals surface area (Å²) in [5.74, 6) is -3.67. The average molecular weight is 646 g/mol. The van der Waals surface area contributed by atoms with Gasteiger partial charge in [-0.15, -0.1) is 0 Å². The maximum atomic E-state index is 13.7. The Hall–Kier alpha value is -5.59. The summed E-state index contributed by atoms with van der Waals surface area (Å²) in [7, 11) is 0. The van der Waals surface area contributed by atoms with Crippen LogP contribution < -0.4 is 21.3 Å². The van der Waals surface area contributed by atoms with E-state index in [0.717, 1.165) is 11.1 Å². The van der Waals surface area contributed by atoms with Crippen molar-refractivity contribution < 1.29 is 34.0 Å². The third-order valence-electron chi connectivity index (χ3n) is 7.10. The molecule has 3 aromatic rings. The van der Waals surface area contributed by atoms with Crippen molar-refractivity contribution >= 4 is 41.0 Å². The Morgan fingerprint density at radius 1 is 0.681 bits per heavy atom. The lowest BCUT2D eigenvalue weighted by molar-refractivity contribution is -0.384. The number of nitrogens with zero attached hydrogens (tertiary/aromatic N) is 1. The van der Waals surface area contributed by atoms with E-state index in [1.165, 1.54) is 24.3 Å². The number of nitro groups is 1. The Kier molecular flexibility index (Phi) is 13.6. The molecule has 13 nitrogen and oxygen atoms in total. The number of aliphatic carboxylic acids is 1. The molecule has 248 valence electrons. The molecule has 0 aromatic heterocycles. The first kappa shape index (κ1) is 35.9. The molecule has 3 rings (SSSR count). The molecular formula is C34H39N5O8. The van der Waals surface area contributed by atoms with Crippen molar-refractivity contribution in [2.45, 2.75) is 64.1 Å². The number of anilines is 1. The van der Waals surface area contributed by atoms with E-state index >= 15 is 0 Å². The summed E-state index contributed by atoms with van der Waals surface area (Å²) in [6.45, 7) is 3.73. The summed E-state index contributed by atoms with van der Waals surface area (Å²) in [4.78, 5) is 74.8. The maximum absolute atomic E-state index is 13.7. The van der Waals surface area contributed by atoms with E-state index in [0.29, 0.717) is 5.69 Å². The largest absolute Gasteiger partial charge is 0.481 e. The van der Waals surface area contributed by atoms with Crippen LogP contribution in [0.25, 0.3) is 0 Å². The van der Waals surface area contributed by atoms with Crippen LogP contribution in [0.1, 0.15) is 44.2 Å². The number of carbonyl (C=O) groups is 5. The van der Waals surface area contributed by atoms with Gasteiger partial charge in [-0.1, -0.05) is 74.5 Å². The van der Waals surface area contributed by atoms with Crippen LogP contribution in [-0.4, -0.2) is 57.8 Å². The molecule has 3 aromatic carbocycles. The lowest BCUT2D eigenvalue weighted by Crippen LogP contribution is -2.57. The molecule has 4 amide bonds. The highest BCUT2D eigenvalue weighted by Crippen LogP contribution is 2.17. The van der Waals surface area contributed by atoms with Gasteiger partial charge in [-0.05, 0) is 35.6 Å². The molecule has 0 aliphatic heterocycles. The van der Waals surface area contributed by atoms with Gasteiger partial charge in [0.2, 0.25) is 23.6 Å². The SMILES string of the molecule is CC(C)CC(NC(=O)C(Cc1ccccc1)NC(=O)CCC(=O)O)C(=O)NC(Cc1ccccc1)C(=O)Nc1ccc([N+](=O)[O-])cc1. The summed E-state index contributed by atoms with van der Waals surface area (Å²) >= 11 is 0. The van der Waals surface area contributed by atoms with E-state index in [2.05, 4.69) is 21.3 Å². The molecular weight excluding hydrogens is 606 g/mol. The number of amides is 4. The van der Waals surface area contributed by atoms with E-state index in [1.807, 2.05) is 19.9 Å². The first-order valence-electron chi connectivity index (χ1n) is 15.2. The zero-order valence-corrected chi connectivity index (χ0v) is 26.2. The molecule has 0 bridgehead atoms. The lowest BCUT2D eigenvalue weighted by Gasteiger charge is -2.26. The fourth-order valence-electron chi connectivity index (χ4n) is 4.75. The van der Waals surface area contributed by atoms with E-state index in [4.69, 9.17) is 5.11 Å². The van der Waals surface area contributed by atoms with Crippen LogP contribution in [0.3, 0.4) is 0 Å². The number of carboxylic acids is 1. The van der Waals surface area contributed by atoms with Gasteiger partial charge in [0.15, 0.2) is 0 Å². The van der Waals surface area contributed by atoms with E-state index in [-0.39, 0.29) is 37.3 Å². The fourth-order valence-corrected chi connectivity index (χ4v) is 4.75. The third-order valence-corrected chi connectivity index (χ3v) is 7.10. The first-order chi connectivity index (χ1) is 22.4. The normalized spacial score (nSPS) is 12.7. The highest BCUT2D eigenvalue weighted by atomic mass is 16.6. The van der Waals surface area contributed by atoms with Crippen LogP contribution in [0.15, 0.2) is 84.9 Å². The van der Waals surface area contributed by atoms with Gasteiger partial charge in [0.25, 0.3) is 5.69 Å². The molecule has 47 heavy (non-hydrogen) atoms. The van der Waals surface area contributed by atoms with Crippen molar-refractivity contribution in [3.63, 3.8) is 0 Å². The van der Waals surface area contributed by atoms with Gasteiger partial charge >= 0.3 is 5.97 Å². The van der Waals surface area contributed by atoms with Gasteiger partial charge in [0.05, 0.1) is 11.3 Å². The average Bonchev–Trinajstić information content (AvgIpc) is 3.03. The number of hydrogen-bond donors (Lipinski definition) is 5. The Bertz CT molecular complexity index is 1530. The predicted octanol–water partition coefficient (Wildman–Crippen LogP) is 3.38. The molecule has 0 fully saturated rings. The maximum Gasteiger partial charge on any atom is 0.303 e. The number of hydrogen-bond acceptors (Lipinski definition) is 7. The van der Waals surface area contributed by atoms with Crippen molar-refractivity contribution in [3.05, 3.63) is 106 Å². The predicted molar refractivity (Wildman–Crippen MR) is 174 cm³/mol. The van der Waals surface area contributed by atoms with Crippen LogP contribution in [0.5, 0.6) is 0 Å². The van der Waals surface area contributed by atoms with E-state index in [9.17, 15) is 34.1 Å². The number of carbonyl (C=O) groups excluding carboxylic acids is 4. The zero-order chi connectivity index (χ0) is 34.3. The number of carboxylic acid groups (broad SMARTS) is 1. The second-order valence-corrected chi connectivity index (χ2v) is 11.4. The van der Waals surface area contributed by atoms with Gasteiger partial charge in [0, 0.05) is 37.1 Å². The highest BCUT2D eigenvalue weighted by Gasteiger charge is 2.30. The monoisotopic (exact) mass is 645 g/mol. The second kappa shape index (κ2) is 17.8. The van der Waals surface area contributed by atoms with Gasteiger partial charge in [0.1, 0.15) is 18.1 Å². The van der Waals surface area contributed by atoms with Crippen molar-refractivity contribution in [1.29, 1.82) is 0 Å². The minimum atomic E-state index is -1.15. The number of benzene rings is 3. The quantitative estimate of drug-likeness (QED) is 0.109. The van der Waals surface area contributed by atoms with E-state index < -0.39 is 59.1 Å². The summed E-state index contributed by atoms with van der Waals surface area (Å²) in [6.07, 6.45) is -0.312. The first-order valence-corrected chi connectivity index (χ1v) is 15.2. The second-order valence-electron chi connectivity index (χ2n) is 11.4. The van der Waals surface area contributed by atoms with Crippen LogP contribution in [0, 0.1) is 16.0 Å². The van der Waals surface area contributed by atoms with Crippen LogP contribution in [-0.2, 0) is 36.8 Å². The molecule has 0 radical (unpaired) electrons. The summed E-state index contributed by atoms with van der Waals surface area (Å²) in [5, 5.41) is 30.8. The van der Waals surface area contributed by atoms with Crippen molar-refractivity contribution in [1.82, 2.24) is 16.0 Å². The molecule has 0 saturated heterocycles. The number of nitrogens with one attached hydrogen (secondary N) is 4. The molecule has 0 aliphatic rings. The van der Waals surface area contributed by atoms with Crippen molar-refractivity contribution in [2.75, 3.05) is 5.32 Å². The van der Waals surface area contributed by atoms with Gasteiger partial charge in [-0.2, -0.15) is 0 Å². The lowest BCUT2D eigenvalue weighted by atomic mass is 9.99. The number of rotatable bonds is 17. The van der Waals surface area contributed by atoms with Gasteiger partial charge in [-0.3, -0.25) is 34.1 Å². The van der Waals surface area contributed by atoms with Crippen LogP contribution >= 0.6 is 0 Å². The van der Waals surface area contributed by atoms with Gasteiger partial charge in [-0.25, -0.2) is 0 Å². The molecule has 0 heterocycles. The molecule has 13 heteroatoms. The van der Waals surface area contributed by atoms with Crippen molar-refractivity contribution in [2.24, 2.45) is 5.92 Å². The molecule has 0 saturated carbocycles. The summed E-state index contributed by atoms with van der Waals surface area (Å²) in [6, 6.07) is 19.9. The molecule has 5 N–H and O–H groups in total. The smallest absolute Gasteiger partial charge is 0.303 e. The third kappa shape index (κ3) is 12.4. The standard InChI is InChI=1S/C34H39N5O8/c1-22(2)19-27(37-34(45)28(20-23-9-5-3-6-10-23)36-30(40)17-18-31(41)42)33(44)38-29(21-24-11-7-4-8-12-24)32(43)35-25-13-15-26(16-14-25)39(46)47/h3-16,22,27-29H,17-21H2,1-2H3,(H,35,43)(H,36,40)(H,37,45)(H,38,44)(H,41,42). The van der Waals surface area contributed by atoms with Crippen molar-refractivity contribution in [3.8, 4) is 0 Å². The highest BCUT2D eigenvalue weighted by molar-refractivity contribution is 5.99. The Morgan fingerprint density at radius 3 is 1.66 bits per heavy atom. The topological polar surface area (TPSA) is 197 Å².